The molecule has 0 amide bonds. The lowest BCUT2D eigenvalue weighted by molar-refractivity contribution is -0.136. The molecule has 0 aromatic heterocycles. The van der Waals surface area contributed by atoms with E-state index in [0.29, 0.717) is 5.70 Å². The summed E-state index contributed by atoms with van der Waals surface area (Å²) in [6.07, 6.45) is 6.67. The summed E-state index contributed by atoms with van der Waals surface area (Å²) in [5.41, 5.74) is 0.413. The van der Waals surface area contributed by atoms with Crippen molar-refractivity contribution >= 4 is 5.97 Å². The lowest BCUT2D eigenvalue weighted by atomic mass is 10.3. The maximum atomic E-state index is 10.9. The van der Waals surface area contributed by atoms with E-state index in [9.17, 15) is 4.79 Å². The van der Waals surface area contributed by atoms with Crippen LogP contribution in [0, 0.1) is 0 Å². The smallest absolute Gasteiger partial charge is 0.354 e. The lowest BCUT2D eigenvalue weighted by Gasteiger charge is -2.01. The molecule has 0 heterocycles. The van der Waals surface area contributed by atoms with E-state index in [1.807, 2.05) is 0 Å². The molecule has 3 nitrogen and oxygen atoms in total. The van der Waals surface area contributed by atoms with Gasteiger partial charge in [-0.1, -0.05) is 24.8 Å². The molecular weight excluding hydrogens is 154 g/mol. The van der Waals surface area contributed by atoms with Gasteiger partial charge >= 0.3 is 5.97 Å². The Morgan fingerprint density at radius 2 is 2.17 bits per heavy atom. The van der Waals surface area contributed by atoms with E-state index in [0.717, 1.165) is 0 Å². The summed E-state index contributed by atoms with van der Waals surface area (Å²) in [4.78, 5) is 10.9. The van der Waals surface area contributed by atoms with Crippen molar-refractivity contribution in [1.29, 1.82) is 0 Å². The largest absolute Gasteiger partial charge is 0.464 e. The van der Waals surface area contributed by atoms with Crippen LogP contribution in [-0.2, 0) is 9.53 Å². The number of methoxy groups -OCH3 is 1. The first-order chi connectivity index (χ1) is 5.76. The van der Waals surface area contributed by atoms with E-state index in [2.05, 4.69) is 16.6 Å². The van der Waals surface area contributed by atoms with Crippen LogP contribution in [0.2, 0.25) is 0 Å². The van der Waals surface area contributed by atoms with Crippen LogP contribution in [0.5, 0.6) is 0 Å². The van der Waals surface area contributed by atoms with E-state index in [1.54, 1.807) is 31.4 Å². The van der Waals surface area contributed by atoms with Crippen LogP contribution < -0.4 is 5.32 Å². The minimum atomic E-state index is -0.383. The fraction of sp³-hybridized carbons (Fsp3) is 0.222. The highest BCUT2D eigenvalue weighted by Crippen LogP contribution is 1.92. The summed E-state index contributed by atoms with van der Waals surface area (Å²) < 4.78 is 4.50. The molecule has 0 aliphatic rings. The minimum absolute atomic E-state index is 0.383. The number of nitrogens with one attached hydrogen (secondary N) is 1. The van der Waals surface area contributed by atoms with Gasteiger partial charge < -0.3 is 10.1 Å². The third kappa shape index (κ3) is 3.61. The number of likely N-dealkylation sites (N-methyl/N-ethyl adjacent to an activating group) is 1. The van der Waals surface area contributed by atoms with Crippen molar-refractivity contribution in [3.8, 4) is 0 Å². The van der Waals surface area contributed by atoms with Gasteiger partial charge in [0.1, 0.15) is 5.70 Å². The average molecular weight is 167 g/mol. The van der Waals surface area contributed by atoms with Gasteiger partial charge in [0.2, 0.25) is 0 Å². The highest BCUT2D eigenvalue weighted by molar-refractivity contribution is 5.87. The Labute approximate surface area is 72.4 Å². The molecule has 0 unspecified atom stereocenters. The predicted octanol–water partition coefficient (Wildman–Crippen LogP) is 1.00. The molecule has 66 valence electrons. The fourth-order valence-electron chi connectivity index (χ4n) is 0.594. The summed E-state index contributed by atoms with van der Waals surface area (Å²) in [7, 11) is 3.00. The Hall–Kier alpha value is -1.51. The number of rotatable bonds is 4. The average Bonchev–Trinajstić information content (AvgIpc) is 2.11. The van der Waals surface area contributed by atoms with Crippen molar-refractivity contribution in [2.75, 3.05) is 14.2 Å². The normalized spacial score (nSPS) is 11.3. The Morgan fingerprint density at radius 3 is 2.58 bits per heavy atom. The Kier molecular flexibility index (Phi) is 5.43. The van der Waals surface area contributed by atoms with Gasteiger partial charge in [0.15, 0.2) is 0 Å². The topological polar surface area (TPSA) is 38.3 Å². The molecule has 3 heteroatoms. The third-order valence-corrected chi connectivity index (χ3v) is 1.18. The highest BCUT2D eigenvalue weighted by atomic mass is 16.5. The summed E-state index contributed by atoms with van der Waals surface area (Å²) in [6, 6.07) is 0. The van der Waals surface area contributed by atoms with Gasteiger partial charge in [-0.15, -0.1) is 0 Å². The number of carbonyl (C=O) groups excluding carboxylic acids is 1. The molecule has 12 heavy (non-hydrogen) atoms. The second-order valence-corrected chi connectivity index (χ2v) is 1.94. The summed E-state index contributed by atoms with van der Waals surface area (Å²) in [5.74, 6) is -0.383. The van der Waals surface area contributed by atoms with Crippen LogP contribution in [0.4, 0.5) is 0 Å². The first kappa shape index (κ1) is 10.5. The zero-order chi connectivity index (χ0) is 9.40. The number of esters is 1. The van der Waals surface area contributed by atoms with Crippen molar-refractivity contribution in [2.24, 2.45) is 0 Å². The van der Waals surface area contributed by atoms with Crippen LogP contribution in [-0.4, -0.2) is 20.1 Å². The van der Waals surface area contributed by atoms with Crippen LogP contribution >= 0.6 is 0 Å². The molecular formula is C9H13NO2. The van der Waals surface area contributed by atoms with Crippen molar-refractivity contribution in [1.82, 2.24) is 5.32 Å². The van der Waals surface area contributed by atoms with Crippen LogP contribution in [0.3, 0.4) is 0 Å². The minimum Gasteiger partial charge on any atom is -0.464 e. The van der Waals surface area contributed by atoms with Gasteiger partial charge in [-0.05, 0) is 6.08 Å². The summed E-state index contributed by atoms with van der Waals surface area (Å²) >= 11 is 0. The zero-order valence-electron chi connectivity index (χ0n) is 7.33. The molecule has 0 radical (unpaired) electrons. The number of ether oxygens (including phenoxy) is 1. The molecule has 0 atom stereocenters. The van der Waals surface area contributed by atoms with E-state index in [-0.39, 0.29) is 5.97 Å². The number of hydrogen-bond donors (Lipinski definition) is 1. The van der Waals surface area contributed by atoms with Gasteiger partial charge in [0.25, 0.3) is 0 Å². The van der Waals surface area contributed by atoms with Gasteiger partial charge in [0, 0.05) is 7.05 Å². The second-order valence-electron chi connectivity index (χ2n) is 1.94. The van der Waals surface area contributed by atoms with E-state index in [1.165, 1.54) is 7.11 Å². The Balaban J connectivity index is 4.32. The van der Waals surface area contributed by atoms with Gasteiger partial charge in [-0.2, -0.15) is 0 Å². The molecule has 0 saturated carbocycles. The molecule has 0 aromatic carbocycles. The zero-order valence-corrected chi connectivity index (χ0v) is 7.33. The van der Waals surface area contributed by atoms with E-state index in [4.69, 9.17) is 0 Å². The molecule has 0 saturated heterocycles. The van der Waals surface area contributed by atoms with Crippen LogP contribution in [0.1, 0.15) is 0 Å². The van der Waals surface area contributed by atoms with Crippen LogP contribution in [0.25, 0.3) is 0 Å². The molecule has 0 aliphatic carbocycles. The molecule has 0 rings (SSSR count). The van der Waals surface area contributed by atoms with Crippen molar-refractivity contribution in [3.63, 3.8) is 0 Å². The van der Waals surface area contributed by atoms with E-state index < -0.39 is 0 Å². The van der Waals surface area contributed by atoms with E-state index >= 15 is 0 Å². The molecule has 0 spiro atoms. The Bertz CT molecular complexity index is 217. The van der Waals surface area contributed by atoms with Crippen molar-refractivity contribution in [2.45, 2.75) is 0 Å². The first-order valence-electron chi connectivity index (χ1n) is 3.51. The maximum absolute atomic E-state index is 10.9. The highest BCUT2D eigenvalue weighted by Gasteiger charge is 2.03. The maximum Gasteiger partial charge on any atom is 0.354 e. The molecule has 0 bridgehead atoms. The standard InChI is InChI=1S/C9H13NO2/c1-4-5-6-7-8(10-2)9(11)12-3/h4-7,10H,1H2,2-3H3/b6-5-,8-7-. The molecule has 1 N–H and O–H groups in total. The number of hydrogen-bond acceptors (Lipinski definition) is 3. The monoisotopic (exact) mass is 167 g/mol. The second kappa shape index (κ2) is 6.22. The van der Waals surface area contributed by atoms with Gasteiger partial charge in [0.05, 0.1) is 7.11 Å². The third-order valence-electron chi connectivity index (χ3n) is 1.18. The number of allylic oxidation sites excluding steroid dienone is 4. The summed E-state index contributed by atoms with van der Waals surface area (Å²) in [5, 5.41) is 2.71. The number of carbonyl (C=O) groups is 1. The SMILES string of the molecule is C=C/C=C\C=C(/NC)C(=O)OC. The molecule has 0 fully saturated rings. The van der Waals surface area contributed by atoms with Crippen molar-refractivity contribution < 1.29 is 9.53 Å². The quantitative estimate of drug-likeness (QED) is 0.386. The predicted molar refractivity (Wildman–Crippen MR) is 48.5 cm³/mol. The van der Waals surface area contributed by atoms with Crippen LogP contribution in [0.15, 0.2) is 36.6 Å². The lowest BCUT2D eigenvalue weighted by Crippen LogP contribution is -2.16. The first-order valence-corrected chi connectivity index (χ1v) is 3.51. The van der Waals surface area contributed by atoms with Crippen molar-refractivity contribution in [3.05, 3.63) is 36.6 Å². The van der Waals surface area contributed by atoms with Gasteiger partial charge in [-0.25, -0.2) is 4.79 Å². The Morgan fingerprint density at radius 1 is 1.50 bits per heavy atom. The molecule has 0 aromatic rings. The van der Waals surface area contributed by atoms with Gasteiger partial charge in [-0.3, -0.25) is 0 Å². The fourth-order valence-corrected chi connectivity index (χ4v) is 0.594. The molecule has 0 aliphatic heterocycles. The summed E-state index contributed by atoms with van der Waals surface area (Å²) in [6.45, 7) is 3.50.